The molecule has 2 heterocycles. The predicted octanol–water partition coefficient (Wildman–Crippen LogP) is 1.62. The maximum absolute atomic E-state index is 12.9. The molecule has 2 aliphatic rings. The van der Waals surface area contributed by atoms with Crippen molar-refractivity contribution in [3.8, 4) is 0 Å². The van der Waals surface area contributed by atoms with Gasteiger partial charge in [0.1, 0.15) is 6.04 Å². The Hall–Kier alpha value is -1.28. The fraction of sp³-hybridized carbons (Fsp3) is 0.600. The lowest BCUT2D eigenvalue weighted by molar-refractivity contribution is -0.124. The van der Waals surface area contributed by atoms with Crippen LogP contribution in [0.3, 0.4) is 0 Å². The van der Waals surface area contributed by atoms with Crippen LogP contribution < -0.4 is 10.6 Å². The Labute approximate surface area is 177 Å². The van der Waals surface area contributed by atoms with E-state index in [2.05, 4.69) is 31.4 Å². The highest BCUT2D eigenvalue weighted by molar-refractivity contribution is 7.99. The Bertz CT molecular complexity index is 693. The summed E-state index contributed by atoms with van der Waals surface area (Å²) in [6.45, 7) is 8.10. The van der Waals surface area contributed by atoms with Crippen LogP contribution >= 0.6 is 24.2 Å². The molecule has 0 spiro atoms. The maximum atomic E-state index is 12.9. The summed E-state index contributed by atoms with van der Waals surface area (Å²) in [5.41, 5.74) is 1.82. The molecule has 3 atom stereocenters. The summed E-state index contributed by atoms with van der Waals surface area (Å²) < 4.78 is 0. The van der Waals surface area contributed by atoms with Crippen molar-refractivity contribution in [2.75, 3.05) is 31.3 Å². The number of β-amino-alcohol motifs (C(OH)–C–C–N with tert-alkyl or cyclic N) is 1. The summed E-state index contributed by atoms with van der Waals surface area (Å²) in [5, 5.41) is 15.9. The summed E-state index contributed by atoms with van der Waals surface area (Å²) in [6.07, 6.45) is -0.428. The van der Waals surface area contributed by atoms with Crippen LogP contribution in [0.25, 0.3) is 0 Å². The summed E-state index contributed by atoms with van der Waals surface area (Å²) in [6, 6.07) is 7.21. The number of aliphatic hydroxyl groups excluding tert-OH is 1. The first-order valence-electron chi connectivity index (χ1n) is 9.43. The molecule has 1 aromatic carbocycles. The van der Waals surface area contributed by atoms with Gasteiger partial charge in [0.15, 0.2) is 0 Å². The molecular formula is C20H30ClN3O3S. The molecule has 156 valence electrons. The minimum atomic E-state index is -0.462. The average molecular weight is 428 g/mol. The first kappa shape index (κ1) is 23.0. The molecule has 3 rings (SSSR count). The number of benzene rings is 1. The smallest absolute Gasteiger partial charge is 0.255 e. The first-order valence-corrected chi connectivity index (χ1v) is 10.6. The van der Waals surface area contributed by atoms with E-state index in [4.69, 9.17) is 0 Å². The van der Waals surface area contributed by atoms with Crippen molar-refractivity contribution in [2.45, 2.75) is 38.3 Å². The third kappa shape index (κ3) is 5.20. The molecule has 0 aliphatic carbocycles. The number of carbonyl (C=O) groups excluding carboxylic acids is 2. The van der Waals surface area contributed by atoms with Crippen LogP contribution in [-0.2, 0) is 10.2 Å². The van der Waals surface area contributed by atoms with Crippen LogP contribution in [0.2, 0.25) is 0 Å². The van der Waals surface area contributed by atoms with Gasteiger partial charge in [-0.25, -0.2) is 0 Å². The number of hydrogen-bond acceptors (Lipinski definition) is 5. The van der Waals surface area contributed by atoms with Crippen LogP contribution in [0.4, 0.5) is 0 Å². The second kappa shape index (κ2) is 9.48. The Morgan fingerprint density at radius 1 is 1.25 bits per heavy atom. The summed E-state index contributed by atoms with van der Waals surface area (Å²) >= 11 is 1.59. The van der Waals surface area contributed by atoms with E-state index in [1.165, 1.54) is 5.56 Å². The van der Waals surface area contributed by atoms with Crippen molar-refractivity contribution in [3.63, 3.8) is 0 Å². The largest absolute Gasteiger partial charge is 0.391 e. The molecule has 0 saturated carbocycles. The van der Waals surface area contributed by atoms with Gasteiger partial charge in [-0.1, -0.05) is 32.9 Å². The van der Waals surface area contributed by atoms with Gasteiger partial charge in [0.05, 0.1) is 12.0 Å². The second-order valence-electron chi connectivity index (χ2n) is 8.35. The molecule has 0 aromatic heterocycles. The topological polar surface area (TPSA) is 81.7 Å². The third-order valence-corrected chi connectivity index (χ3v) is 6.30. The molecule has 8 heteroatoms. The summed E-state index contributed by atoms with van der Waals surface area (Å²) in [7, 11) is 0. The highest BCUT2D eigenvalue weighted by Gasteiger charge is 2.36. The zero-order valence-corrected chi connectivity index (χ0v) is 18.2. The molecule has 2 aliphatic heterocycles. The first-order chi connectivity index (χ1) is 12.8. The molecule has 2 fully saturated rings. The van der Waals surface area contributed by atoms with Crippen LogP contribution in [0.5, 0.6) is 0 Å². The molecule has 0 radical (unpaired) electrons. The number of nitrogens with zero attached hydrogens (tertiary/aromatic N) is 1. The maximum Gasteiger partial charge on any atom is 0.255 e. The van der Waals surface area contributed by atoms with Gasteiger partial charge in [0.2, 0.25) is 5.91 Å². The van der Waals surface area contributed by atoms with Gasteiger partial charge in [-0.15, -0.1) is 24.2 Å². The number of halogens is 1. The van der Waals surface area contributed by atoms with E-state index in [9.17, 15) is 14.7 Å². The van der Waals surface area contributed by atoms with Gasteiger partial charge in [0, 0.05) is 36.9 Å². The number of thioether (sulfide) groups is 1. The Balaban J connectivity index is 0.00000280. The molecule has 6 nitrogen and oxygen atoms in total. The zero-order valence-electron chi connectivity index (χ0n) is 16.6. The van der Waals surface area contributed by atoms with Gasteiger partial charge in [0.25, 0.3) is 5.91 Å². The Morgan fingerprint density at radius 2 is 1.93 bits per heavy atom. The molecule has 0 bridgehead atoms. The molecule has 3 N–H and O–H groups in total. The number of nitrogens with one attached hydrogen (secondary N) is 2. The number of rotatable bonds is 4. The standard InChI is InChI=1S/C20H29N3O3S.ClH/c1-20(2,3)15-6-4-13(5-7-15)19(26)23-12-27-11-16(23)18(25)22-9-14-8-21-10-17(14)24;/h4-7,14,16-17,21,24H,8-12H2,1-3H3,(H,22,25);1H. The van der Waals surface area contributed by atoms with E-state index < -0.39 is 12.1 Å². The van der Waals surface area contributed by atoms with Crippen LogP contribution in [0, 0.1) is 5.92 Å². The molecule has 2 saturated heterocycles. The average Bonchev–Trinajstić information content (AvgIpc) is 3.27. The highest BCUT2D eigenvalue weighted by atomic mass is 35.5. The normalized spacial score (nSPS) is 24.7. The SMILES string of the molecule is CC(C)(C)c1ccc(C(=O)N2CSCC2C(=O)NCC2CNCC2O)cc1.Cl. The van der Waals surface area contributed by atoms with E-state index in [1.807, 2.05) is 24.3 Å². The quantitative estimate of drug-likeness (QED) is 0.680. The summed E-state index contributed by atoms with van der Waals surface area (Å²) in [5.74, 6) is 0.897. The number of aliphatic hydroxyl groups is 1. The monoisotopic (exact) mass is 427 g/mol. The molecule has 2 amide bonds. The third-order valence-electron chi connectivity index (χ3n) is 5.29. The van der Waals surface area contributed by atoms with Gasteiger partial charge in [-0.3, -0.25) is 9.59 Å². The predicted molar refractivity (Wildman–Crippen MR) is 115 cm³/mol. The van der Waals surface area contributed by atoms with Crippen LogP contribution in [-0.4, -0.2) is 65.2 Å². The highest BCUT2D eigenvalue weighted by Crippen LogP contribution is 2.26. The van der Waals surface area contributed by atoms with Crippen LogP contribution in [0.1, 0.15) is 36.7 Å². The lowest BCUT2D eigenvalue weighted by Crippen LogP contribution is -2.48. The second-order valence-corrected chi connectivity index (χ2v) is 9.35. The van der Waals surface area contributed by atoms with E-state index in [-0.39, 0.29) is 35.6 Å². The lowest BCUT2D eigenvalue weighted by atomic mass is 9.86. The van der Waals surface area contributed by atoms with E-state index in [1.54, 1.807) is 16.7 Å². The molecular weight excluding hydrogens is 398 g/mol. The fourth-order valence-corrected chi connectivity index (χ4v) is 4.57. The Morgan fingerprint density at radius 3 is 2.50 bits per heavy atom. The summed E-state index contributed by atoms with van der Waals surface area (Å²) in [4.78, 5) is 27.2. The number of carbonyl (C=O) groups is 2. The van der Waals surface area contributed by atoms with Crippen molar-refractivity contribution in [2.24, 2.45) is 5.92 Å². The van der Waals surface area contributed by atoms with Gasteiger partial charge in [-0.2, -0.15) is 0 Å². The molecule has 28 heavy (non-hydrogen) atoms. The number of hydrogen-bond donors (Lipinski definition) is 3. The van der Waals surface area contributed by atoms with Gasteiger partial charge >= 0.3 is 0 Å². The molecule has 3 unspecified atom stereocenters. The van der Waals surface area contributed by atoms with E-state index >= 15 is 0 Å². The van der Waals surface area contributed by atoms with Crippen molar-refractivity contribution >= 4 is 36.0 Å². The van der Waals surface area contributed by atoms with Crippen LogP contribution in [0.15, 0.2) is 24.3 Å². The lowest BCUT2D eigenvalue weighted by Gasteiger charge is -2.25. The van der Waals surface area contributed by atoms with Crippen molar-refractivity contribution in [1.82, 2.24) is 15.5 Å². The minimum Gasteiger partial charge on any atom is -0.391 e. The van der Waals surface area contributed by atoms with Crippen molar-refractivity contribution < 1.29 is 14.7 Å². The van der Waals surface area contributed by atoms with Crippen molar-refractivity contribution in [1.29, 1.82) is 0 Å². The van der Waals surface area contributed by atoms with E-state index in [0.29, 0.717) is 36.8 Å². The van der Waals surface area contributed by atoms with Crippen molar-refractivity contribution in [3.05, 3.63) is 35.4 Å². The molecule has 1 aromatic rings. The van der Waals surface area contributed by atoms with Gasteiger partial charge in [-0.05, 0) is 23.1 Å². The number of amides is 2. The van der Waals surface area contributed by atoms with Gasteiger partial charge < -0.3 is 20.6 Å². The minimum absolute atomic E-state index is 0. The van der Waals surface area contributed by atoms with E-state index in [0.717, 1.165) is 0 Å². The Kier molecular flexibility index (Phi) is 7.79. The fourth-order valence-electron chi connectivity index (χ4n) is 3.42. The zero-order chi connectivity index (χ0) is 19.6.